The van der Waals surface area contributed by atoms with Gasteiger partial charge in [-0.15, -0.1) is 0 Å². The molecule has 0 radical (unpaired) electrons. The van der Waals surface area contributed by atoms with Gasteiger partial charge in [-0.3, -0.25) is 19.2 Å². The molecule has 96 heavy (non-hydrogen) atoms. The van der Waals surface area contributed by atoms with Crippen molar-refractivity contribution in [2.24, 2.45) is 23.7 Å². The lowest BCUT2D eigenvalue weighted by molar-refractivity contribution is -0.176. The van der Waals surface area contributed by atoms with E-state index >= 15 is 9.59 Å². The number of amides is 6. The maximum atomic E-state index is 15.2. The number of cyclic esters (lactones) is 4. The van der Waals surface area contributed by atoms with Gasteiger partial charge in [0.05, 0.1) is 23.0 Å². The summed E-state index contributed by atoms with van der Waals surface area (Å²) in [5.74, 6) is -9.00. The van der Waals surface area contributed by atoms with E-state index in [-0.39, 0.29) is 138 Å². The number of ether oxygens (including phenoxy) is 6. The van der Waals surface area contributed by atoms with Gasteiger partial charge in [-0.05, 0) is 112 Å². The third-order valence-electron chi connectivity index (χ3n) is 17.0. The van der Waals surface area contributed by atoms with Gasteiger partial charge in [0, 0.05) is 93.4 Å². The van der Waals surface area contributed by atoms with Crippen LogP contribution in [0.5, 0.6) is 0 Å². The van der Waals surface area contributed by atoms with Gasteiger partial charge in [-0.2, -0.15) is 8.61 Å². The van der Waals surface area contributed by atoms with Crippen LogP contribution < -0.4 is 0 Å². The molecule has 0 N–H and O–H groups in total. The topological polar surface area (TPSA) is 320 Å². The van der Waals surface area contributed by atoms with E-state index in [1.807, 2.05) is 0 Å². The van der Waals surface area contributed by atoms with E-state index in [1.54, 1.807) is 69.2 Å². The molecule has 5 rings (SSSR count). The number of hydrogen-bond acceptors (Lipinski definition) is 20. The number of carbonyl (C=O) groups is 10. The Balaban J connectivity index is 1.57. The van der Waals surface area contributed by atoms with Gasteiger partial charge >= 0.3 is 36.1 Å². The summed E-state index contributed by atoms with van der Waals surface area (Å²) in [5.41, 5.74) is 0.626. The van der Waals surface area contributed by atoms with Crippen LogP contribution in [0.3, 0.4) is 0 Å². The quantitative estimate of drug-likeness (QED) is 0.145. The van der Waals surface area contributed by atoms with Crippen LogP contribution in [-0.2, 0) is 99.7 Å². The molecule has 3 saturated heterocycles. The third-order valence-corrected chi connectivity index (χ3v) is 20.8. The van der Waals surface area contributed by atoms with E-state index in [0.29, 0.717) is 11.1 Å². The van der Waals surface area contributed by atoms with Crippen LogP contribution in [0.4, 0.5) is 9.59 Å². The first-order valence-corrected chi connectivity index (χ1v) is 35.7. The maximum Gasteiger partial charge on any atom is 0.409 e. The fourth-order valence-electron chi connectivity index (χ4n) is 11.5. The fourth-order valence-corrected chi connectivity index (χ4v) is 14.3. The van der Waals surface area contributed by atoms with Crippen LogP contribution in [0.2, 0.25) is 0 Å². The van der Waals surface area contributed by atoms with Gasteiger partial charge in [0.15, 0.2) is 24.4 Å². The van der Waals surface area contributed by atoms with Crippen molar-refractivity contribution in [2.75, 3.05) is 93.8 Å². The highest BCUT2D eigenvalue weighted by Gasteiger charge is 2.44. The van der Waals surface area contributed by atoms with Gasteiger partial charge in [-0.25, -0.2) is 45.6 Å². The summed E-state index contributed by atoms with van der Waals surface area (Å²) >= 11 is 0. The second-order valence-corrected chi connectivity index (χ2v) is 30.1. The van der Waals surface area contributed by atoms with Crippen LogP contribution in [-0.4, -0.2) is 257 Å². The maximum absolute atomic E-state index is 15.2. The minimum Gasteiger partial charge on any atom is -0.451 e. The Kier molecular flexibility index (Phi) is 29.0. The Morgan fingerprint density at radius 2 is 0.667 bits per heavy atom. The molecule has 3 heterocycles. The molecule has 3 aliphatic rings. The molecule has 6 amide bonds. The largest absolute Gasteiger partial charge is 0.451 e. The average Bonchev–Trinajstić information content (AvgIpc) is 0.823. The Morgan fingerprint density at radius 1 is 0.417 bits per heavy atom. The number of rotatable bonds is 18. The van der Waals surface area contributed by atoms with Gasteiger partial charge < -0.3 is 57.8 Å². The Bertz CT molecular complexity index is 3050. The molecule has 0 spiro atoms. The van der Waals surface area contributed by atoms with Crippen molar-refractivity contribution in [3.8, 4) is 0 Å². The summed E-state index contributed by atoms with van der Waals surface area (Å²) in [4.78, 5) is 150. The van der Waals surface area contributed by atoms with E-state index in [4.69, 9.17) is 28.4 Å². The highest BCUT2D eigenvalue weighted by Crippen LogP contribution is 2.27. The molecule has 0 aliphatic carbocycles. The second kappa shape index (κ2) is 35.2. The first-order chi connectivity index (χ1) is 44.9. The van der Waals surface area contributed by atoms with Crippen molar-refractivity contribution in [2.45, 2.75) is 180 Å². The van der Waals surface area contributed by atoms with Crippen molar-refractivity contribution < 1.29 is 93.2 Å². The highest BCUT2D eigenvalue weighted by molar-refractivity contribution is 7.89. The molecule has 3 fully saturated rings. The Morgan fingerprint density at radius 3 is 0.917 bits per heavy atom. The number of nitrogens with zero attached hydrogens (tertiary/aromatic N) is 8. The van der Waals surface area contributed by atoms with Crippen LogP contribution in [0.25, 0.3) is 0 Å². The predicted molar refractivity (Wildman–Crippen MR) is 350 cm³/mol. The smallest absolute Gasteiger partial charge is 0.409 e. The molecule has 0 saturated carbocycles. The number of likely N-dealkylation sites (N-methyl/N-ethyl adjacent to an activating group) is 4. The SMILES string of the molecule is CCOC(=O)N1CCN(S(=O)(=O)c2ccc(C[C@H]3OC(=O)[C@H](CC(C)C)N(C)C(=O)[C@@H](C)OC(=O)[C@H](CC(C)C)N(C)C(=O)[C@@H](Cc4ccc(S(=O)(=O)N5CCN(C(=O)OCC)CC5)cc4)OC(=O)[C@H](CC(C)C)N(C)C(=O)[C@@H](C)OC(=O)[C@H](CC(C)C)N(C)C3=O)cc2)CC1. The number of piperazine rings is 2. The monoisotopic (exact) mass is 1390 g/mol. The van der Waals surface area contributed by atoms with E-state index in [1.165, 1.54) is 109 Å². The Hall–Kier alpha value is -7.44. The first-order valence-electron chi connectivity index (χ1n) is 32.8. The van der Waals surface area contributed by atoms with Gasteiger partial charge in [0.2, 0.25) is 20.0 Å². The normalized spacial score (nSPS) is 23.9. The fraction of sp³-hybridized carbons (Fsp3) is 0.667. The average molecular weight is 1390 g/mol. The van der Waals surface area contributed by atoms with Crippen LogP contribution in [0, 0.1) is 23.7 Å². The van der Waals surface area contributed by atoms with Crippen molar-refractivity contribution in [1.82, 2.24) is 38.0 Å². The minimum atomic E-state index is -4.10. The molecule has 536 valence electrons. The predicted octanol–water partition coefficient (Wildman–Crippen LogP) is 4.59. The molecule has 28 nitrogen and oxygen atoms in total. The number of carbonyl (C=O) groups excluding carboxylic acids is 10. The summed E-state index contributed by atoms with van der Waals surface area (Å²) < 4.78 is 92.3. The number of hydrogen-bond donors (Lipinski definition) is 0. The number of benzene rings is 2. The van der Waals surface area contributed by atoms with Crippen molar-refractivity contribution in [1.29, 1.82) is 0 Å². The molecular weight excluding hydrogens is 1290 g/mol. The molecule has 0 unspecified atom stereocenters. The van der Waals surface area contributed by atoms with E-state index in [2.05, 4.69) is 0 Å². The summed E-state index contributed by atoms with van der Waals surface area (Å²) in [7, 11) is -3.03. The zero-order valence-corrected chi connectivity index (χ0v) is 60.1. The molecule has 2 aromatic rings. The van der Waals surface area contributed by atoms with Gasteiger partial charge in [0.1, 0.15) is 24.2 Å². The summed E-state index contributed by atoms with van der Waals surface area (Å²) in [6.45, 7) is 20.8. The zero-order chi connectivity index (χ0) is 71.8. The molecular formula is C66H100N8O20S2. The lowest BCUT2D eigenvalue weighted by atomic mass is 10.00. The highest BCUT2D eigenvalue weighted by atomic mass is 32.2. The van der Waals surface area contributed by atoms with Crippen LogP contribution in [0.1, 0.15) is 120 Å². The second-order valence-electron chi connectivity index (χ2n) is 26.3. The van der Waals surface area contributed by atoms with Crippen LogP contribution in [0.15, 0.2) is 58.3 Å². The number of esters is 4. The van der Waals surface area contributed by atoms with Gasteiger partial charge in [-0.1, -0.05) is 79.7 Å². The van der Waals surface area contributed by atoms with E-state index in [9.17, 15) is 55.2 Å². The summed E-state index contributed by atoms with van der Waals surface area (Å²) in [6, 6.07) is 5.32. The molecule has 2 aromatic carbocycles. The van der Waals surface area contributed by atoms with Crippen molar-refractivity contribution in [3.05, 3.63) is 59.7 Å². The molecule has 30 heteroatoms. The lowest BCUT2D eigenvalue weighted by Gasteiger charge is -2.35. The van der Waals surface area contributed by atoms with Crippen molar-refractivity contribution in [3.63, 3.8) is 0 Å². The van der Waals surface area contributed by atoms with Gasteiger partial charge in [0.25, 0.3) is 23.6 Å². The first kappa shape index (κ1) is 79.3. The Labute approximate surface area is 565 Å². The lowest BCUT2D eigenvalue weighted by Crippen LogP contribution is -2.55. The number of sulfonamides is 2. The molecule has 0 bridgehead atoms. The van der Waals surface area contributed by atoms with Crippen molar-refractivity contribution >= 4 is 79.7 Å². The van der Waals surface area contributed by atoms with E-state index in [0.717, 1.165) is 19.6 Å². The standard InChI is InChI=1S/C66H100N8O20S2/c1-17-89-65(83)71-27-31-73(32-28-71)95(85,86)49-23-19-47(20-24-49)39-55-59(77)69(15)51(35-41(3)4)61(79)91-46(12)58(76)68(14)54(38-44(9)10)64(82)94-56(40-48-21-25-50(26-22-48)96(87,88)74-33-29-72(30-34-74)66(84)90-18-2)60(78)70(16)52(36-42(5)6)62(80)92-45(11)57(75)67(13)53(37-43(7)8)63(81)93-55/h19-26,41-46,51-56H,17-18,27-40H2,1-16H3/t45-,46-,51+,52+,53+,54+,55-,56-/m1/s1. The molecule has 0 aromatic heterocycles. The minimum absolute atomic E-state index is 0.00615. The molecule has 3 aliphatic heterocycles. The van der Waals surface area contributed by atoms with E-state index < -0.39 is 128 Å². The molecule has 8 atom stereocenters. The summed E-state index contributed by atoms with van der Waals surface area (Å²) in [5, 5.41) is 0. The van der Waals surface area contributed by atoms with Crippen LogP contribution >= 0.6 is 0 Å². The zero-order valence-electron chi connectivity index (χ0n) is 58.4. The third kappa shape index (κ3) is 20.8. The summed E-state index contributed by atoms with van der Waals surface area (Å²) in [6.07, 6.45) is -8.78.